The third-order valence-corrected chi connectivity index (χ3v) is 3.93. The zero-order valence-corrected chi connectivity index (χ0v) is 14.5. The summed E-state index contributed by atoms with van der Waals surface area (Å²) < 4.78 is 43.8. The number of ether oxygens (including phenoxy) is 1. The molecule has 0 aliphatic rings. The summed E-state index contributed by atoms with van der Waals surface area (Å²) in [6.45, 7) is -2.78. The van der Waals surface area contributed by atoms with Gasteiger partial charge in [-0.2, -0.15) is 13.9 Å². The fraction of sp³-hybridized carbons (Fsp3) is 0.111. The van der Waals surface area contributed by atoms with Crippen LogP contribution in [0.3, 0.4) is 0 Å². The molecule has 5 nitrogen and oxygen atoms in total. The molecule has 9 heteroatoms. The van der Waals surface area contributed by atoms with Crippen LogP contribution in [0.1, 0.15) is 15.9 Å². The molecule has 1 amide bonds. The van der Waals surface area contributed by atoms with Gasteiger partial charge in [0.05, 0.1) is 12.1 Å². The fourth-order valence-electron chi connectivity index (χ4n) is 2.38. The number of carbonyl (C=O) groups is 1. The predicted molar refractivity (Wildman–Crippen MR) is 93.8 cm³/mol. The first-order valence-corrected chi connectivity index (χ1v) is 8.13. The zero-order chi connectivity index (χ0) is 19.4. The van der Waals surface area contributed by atoms with Crippen LogP contribution in [0.25, 0.3) is 0 Å². The first kappa shape index (κ1) is 18.8. The molecule has 0 spiro atoms. The largest absolute Gasteiger partial charge is 0.434 e. The van der Waals surface area contributed by atoms with Crippen molar-refractivity contribution in [3.8, 4) is 5.75 Å². The number of rotatable bonds is 6. The molecule has 1 aromatic heterocycles. The number of para-hydroxylation sites is 1. The molecule has 2 aromatic carbocycles. The molecular weight excluding hydrogens is 383 g/mol. The molecule has 3 rings (SSSR count). The van der Waals surface area contributed by atoms with Crippen LogP contribution in [0.2, 0.25) is 5.02 Å². The minimum absolute atomic E-state index is 0.0473. The van der Waals surface area contributed by atoms with Crippen molar-refractivity contribution in [2.75, 3.05) is 5.32 Å². The Bertz CT molecular complexity index is 963. The maximum Gasteiger partial charge on any atom is 0.387 e. The van der Waals surface area contributed by atoms with E-state index in [0.29, 0.717) is 5.56 Å². The Morgan fingerprint density at radius 1 is 1.22 bits per heavy atom. The molecule has 27 heavy (non-hydrogen) atoms. The predicted octanol–water partition coefficient (Wildman–Crippen LogP) is 4.58. The number of halogens is 4. The summed E-state index contributed by atoms with van der Waals surface area (Å²) in [5.74, 6) is -1.11. The van der Waals surface area contributed by atoms with Gasteiger partial charge in [-0.3, -0.25) is 9.48 Å². The van der Waals surface area contributed by atoms with Gasteiger partial charge in [-0.15, -0.1) is 0 Å². The normalized spacial score (nSPS) is 10.9. The third kappa shape index (κ3) is 4.79. The summed E-state index contributed by atoms with van der Waals surface area (Å²) in [6.07, 6.45) is 1.59. The maximum absolute atomic E-state index is 13.1. The molecule has 0 unspecified atom stereocenters. The Balaban J connectivity index is 1.71. The van der Waals surface area contributed by atoms with Gasteiger partial charge in [0.2, 0.25) is 0 Å². The van der Waals surface area contributed by atoms with Crippen LogP contribution < -0.4 is 10.1 Å². The van der Waals surface area contributed by atoms with Gasteiger partial charge >= 0.3 is 6.61 Å². The summed E-state index contributed by atoms with van der Waals surface area (Å²) in [6, 6.07) is 11.2. The van der Waals surface area contributed by atoms with Gasteiger partial charge in [0.15, 0.2) is 5.82 Å². The lowest BCUT2D eigenvalue weighted by molar-refractivity contribution is -0.0501. The van der Waals surface area contributed by atoms with Crippen LogP contribution >= 0.6 is 11.6 Å². The minimum Gasteiger partial charge on any atom is -0.434 e. The Morgan fingerprint density at radius 3 is 2.74 bits per heavy atom. The van der Waals surface area contributed by atoms with E-state index >= 15 is 0 Å². The lowest BCUT2D eigenvalue weighted by Gasteiger charge is -2.09. The lowest BCUT2D eigenvalue weighted by atomic mass is 10.2. The molecule has 3 aromatic rings. The summed E-state index contributed by atoms with van der Waals surface area (Å²) in [7, 11) is 0. The molecule has 0 fully saturated rings. The van der Waals surface area contributed by atoms with E-state index in [9.17, 15) is 18.0 Å². The first-order chi connectivity index (χ1) is 12.9. The highest BCUT2D eigenvalue weighted by Gasteiger charge is 2.16. The lowest BCUT2D eigenvalue weighted by Crippen LogP contribution is -2.15. The summed E-state index contributed by atoms with van der Waals surface area (Å²) >= 11 is 5.98. The number of anilines is 1. The van der Waals surface area contributed by atoms with Gasteiger partial charge in [-0.05, 0) is 29.8 Å². The Hall–Kier alpha value is -3.00. The molecule has 0 atom stereocenters. The molecule has 1 N–H and O–H groups in total. The van der Waals surface area contributed by atoms with E-state index in [-0.39, 0.29) is 28.7 Å². The standard InChI is InChI=1S/C18H13ClF3N3O2/c19-14-9-12(20)6-5-11(14)10-25-8-7-16(24-25)23-17(26)13-3-1-2-4-15(13)27-18(21)22/h1-9,18H,10H2,(H,23,24,26). The maximum atomic E-state index is 13.1. The van der Waals surface area contributed by atoms with Gasteiger partial charge < -0.3 is 10.1 Å². The average molecular weight is 396 g/mol. The fourth-order valence-corrected chi connectivity index (χ4v) is 2.60. The van der Waals surface area contributed by atoms with E-state index in [0.717, 1.165) is 0 Å². The Labute approximate surface area is 157 Å². The number of nitrogens with zero attached hydrogens (tertiary/aromatic N) is 2. The quantitative estimate of drug-likeness (QED) is 0.664. The van der Waals surface area contributed by atoms with Gasteiger partial charge in [0, 0.05) is 17.3 Å². The molecule has 0 saturated heterocycles. The van der Waals surface area contributed by atoms with Crippen LogP contribution in [-0.2, 0) is 6.54 Å². The second-order valence-corrected chi connectivity index (χ2v) is 5.87. The monoisotopic (exact) mass is 395 g/mol. The topological polar surface area (TPSA) is 56.2 Å². The van der Waals surface area contributed by atoms with E-state index in [4.69, 9.17) is 11.6 Å². The zero-order valence-electron chi connectivity index (χ0n) is 13.7. The van der Waals surface area contributed by atoms with Crippen LogP contribution in [0.4, 0.5) is 19.0 Å². The number of amides is 1. The minimum atomic E-state index is -3.04. The number of hydrogen-bond acceptors (Lipinski definition) is 3. The average Bonchev–Trinajstić information content (AvgIpc) is 3.04. The van der Waals surface area contributed by atoms with E-state index in [1.165, 1.54) is 53.2 Å². The van der Waals surface area contributed by atoms with Crippen LogP contribution in [-0.4, -0.2) is 22.3 Å². The van der Waals surface area contributed by atoms with Crippen LogP contribution in [0.15, 0.2) is 54.7 Å². The summed E-state index contributed by atoms with van der Waals surface area (Å²) in [5.41, 5.74) is 0.601. The number of carbonyl (C=O) groups excluding carboxylic acids is 1. The number of alkyl halides is 2. The van der Waals surface area contributed by atoms with Crippen molar-refractivity contribution in [2.24, 2.45) is 0 Å². The number of benzene rings is 2. The van der Waals surface area contributed by atoms with Gasteiger partial charge in [0.1, 0.15) is 11.6 Å². The Kier molecular flexibility index (Phi) is 5.66. The molecular formula is C18H13ClF3N3O2. The van der Waals surface area contributed by atoms with Crippen molar-refractivity contribution in [2.45, 2.75) is 13.2 Å². The molecule has 0 bridgehead atoms. The van der Waals surface area contributed by atoms with Crippen molar-refractivity contribution in [3.05, 3.63) is 76.7 Å². The van der Waals surface area contributed by atoms with E-state index in [2.05, 4.69) is 15.2 Å². The van der Waals surface area contributed by atoms with Crippen LogP contribution in [0.5, 0.6) is 5.75 Å². The van der Waals surface area contributed by atoms with Crippen molar-refractivity contribution in [3.63, 3.8) is 0 Å². The van der Waals surface area contributed by atoms with Gasteiger partial charge in [-0.25, -0.2) is 4.39 Å². The van der Waals surface area contributed by atoms with E-state index in [1.807, 2.05) is 0 Å². The Morgan fingerprint density at radius 2 is 2.00 bits per heavy atom. The number of aromatic nitrogens is 2. The highest BCUT2D eigenvalue weighted by molar-refractivity contribution is 6.31. The summed E-state index contributed by atoms with van der Waals surface area (Å²) in [4.78, 5) is 12.3. The molecule has 1 heterocycles. The number of nitrogens with one attached hydrogen (secondary N) is 1. The summed E-state index contributed by atoms with van der Waals surface area (Å²) in [5, 5.41) is 6.94. The smallest absolute Gasteiger partial charge is 0.387 e. The second kappa shape index (κ2) is 8.13. The van der Waals surface area contributed by atoms with Crippen LogP contribution in [0, 0.1) is 5.82 Å². The second-order valence-electron chi connectivity index (χ2n) is 5.46. The van der Waals surface area contributed by atoms with Crippen molar-refractivity contribution >= 4 is 23.3 Å². The van der Waals surface area contributed by atoms with Crippen molar-refractivity contribution in [1.29, 1.82) is 0 Å². The first-order valence-electron chi connectivity index (χ1n) is 7.75. The molecule has 0 radical (unpaired) electrons. The number of hydrogen-bond donors (Lipinski definition) is 1. The van der Waals surface area contributed by atoms with Crippen molar-refractivity contribution in [1.82, 2.24) is 9.78 Å². The molecule has 0 aliphatic carbocycles. The highest BCUT2D eigenvalue weighted by atomic mass is 35.5. The van der Waals surface area contributed by atoms with Gasteiger partial charge in [-0.1, -0.05) is 29.8 Å². The molecule has 0 saturated carbocycles. The SMILES string of the molecule is O=C(Nc1ccn(Cc2ccc(F)cc2Cl)n1)c1ccccc1OC(F)F. The third-order valence-electron chi connectivity index (χ3n) is 3.58. The van der Waals surface area contributed by atoms with E-state index < -0.39 is 18.3 Å². The molecule has 140 valence electrons. The van der Waals surface area contributed by atoms with Crippen molar-refractivity contribution < 1.29 is 22.7 Å². The molecule has 0 aliphatic heterocycles. The highest BCUT2D eigenvalue weighted by Crippen LogP contribution is 2.22. The van der Waals surface area contributed by atoms with Gasteiger partial charge in [0.25, 0.3) is 5.91 Å². The van der Waals surface area contributed by atoms with E-state index in [1.54, 1.807) is 6.20 Å².